The summed E-state index contributed by atoms with van der Waals surface area (Å²) in [4.78, 5) is 0. The first-order valence-corrected chi connectivity index (χ1v) is 23.3. The summed E-state index contributed by atoms with van der Waals surface area (Å²) in [7, 11) is -0.349. The van der Waals surface area contributed by atoms with Gasteiger partial charge in [-0.15, -0.1) is 0 Å². The second-order valence-electron chi connectivity index (χ2n) is 15.2. The molecular formula is C52H74SiTi+2. The molecule has 0 fully saturated rings. The Labute approximate surface area is 350 Å². The summed E-state index contributed by atoms with van der Waals surface area (Å²) in [6.07, 6.45) is 39.2. The summed E-state index contributed by atoms with van der Waals surface area (Å²) in [6, 6.07) is 39.8. The molecule has 0 N–H and O–H groups in total. The van der Waals surface area contributed by atoms with Crippen LogP contribution < -0.4 is 10.4 Å². The number of aryl methyl sites for hydroxylation is 2. The first kappa shape index (κ1) is 47.4. The van der Waals surface area contributed by atoms with Crippen LogP contribution in [0.2, 0.25) is 0 Å². The molecule has 0 saturated carbocycles. The van der Waals surface area contributed by atoms with Gasteiger partial charge in [0.15, 0.2) is 0 Å². The minimum atomic E-state index is -0.349. The van der Waals surface area contributed by atoms with E-state index in [1.165, 1.54) is 164 Å². The molecule has 0 radical (unpaired) electrons. The number of hydrogen-bond donors (Lipinski definition) is 0. The van der Waals surface area contributed by atoms with E-state index in [2.05, 4.69) is 111 Å². The molecule has 0 saturated heterocycles. The van der Waals surface area contributed by atoms with Crippen LogP contribution in [0.1, 0.15) is 165 Å². The molecule has 0 aliphatic carbocycles. The number of benzene rings is 4. The smallest absolute Gasteiger partial charge is 0.0654 e. The van der Waals surface area contributed by atoms with Gasteiger partial charge in [0.25, 0.3) is 0 Å². The van der Waals surface area contributed by atoms with E-state index in [9.17, 15) is 0 Å². The number of rotatable bonds is 27. The van der Waals surface area contributed by atoms with Crippen LogP contribution in [0.3, 0.4) is 0 Å². The fraction of sp³-hybridized carbons (Fsp3) is 0.462. The van der Waals surface area contributed by atoms with Crippen LogP contribution in [0.5, 0.6) is 0 Å². The maximum Gasteiger partial charge on any atom is 2.00 e. The molecule has 0 heterocycles. The molecule has 2 heteroatoms. The van der Waals surface area contributed by atoms with Crippen molar-refractivity contribution in [3.05, 3.63) is 144 Å². The first-order valence-electron chi connectivity index (χ1n) is 21.9. The molecule has 4 rings (SSSR count). The van der Waals surface area contributed by atoms with E-state index in [0.717, 1.165) is 0 Å². The monoisotopic (exact) mass is 775 g/mol. The fourth-order valence-electron chi connectivity index (χ4n) is 6.98. The molecule has 54 heavy (non-hydrogen) atoms. The third-order valence-corrected chi connectivity index (χ3v) is 12.1. The average Bonchev–Trinajstić information content (AvgIpc) is 3.20. The van der Waals surface area contributed by atoms with Gasteiger partial charge in [0.05, 0.1) is 9.52 Å². The molecule has 4 aromatic carbocycles. The standard InChI is InChI=1S/C36H60Si.C16H14.Ti/c1-3-5-7-9-11-13-15-17-19-21-23-33-25-29-35(30-26-33)37-36-31-27-34(28-32-36)24-22-20-18-16-14-12-10-8-6-4-2;1-3-9-15(10-4-1)13-7-8-14-16-11-5-2-6-12-16;/h25-32H,3-24,37H2,1-2H3;1-14H;/q;;+2. The van der Waals surface area contributed by atoms with Gasteiger partial charge >= 0.3 is 21.7 Å². The molecule has 4 aromatic rings. The first-order chi connectivity index (χ1) is 26.3. The molecular weight excluding hydrogens is 701 g/mol. The van der Waals surface area contributed by atoms with E-state index in [4.69, 9.17) is 0 Å². The summed E-state index contributed by atoms with van der Waals surface area (Å²) in [6.45, 7) is 4.60. The second-order valence-corrected chi connectivity index (χ2v) is 17.2. The van der Waals surface area contributed by atoms with Crippen molar-refractivity contribution in [1.29, 1.82) is 0 Å². The molecule has 0 unspecified atom stereocenters. The average molecular weight is 775 g/mol. The van der Waals surface area contributed by atoms with Crippen molar-refractivity contribution in [3.8, 4) is 0 Å². The van der Waals surface area contributed by atoms with Gasteiger partial charge in [-0.25, -0.2) is 0 Å². The zero-order chi connectivity index (χ0) is 37.3. The van der Waals surface area contributed by atoms with Gasteiger partial charge in [0, 0.05) is 0 Å². The third-order valence-electron chi connectivity index (χ3n) is 10.4. The SMILES string of the molecule is C(C=Cc1ccccc1)=Cc1ccccc1.CCCCCCCCCCCCc1ccc([SiH2]c2ccc(CCCCCCCCCCCC)cc2)cc1.[Ti+2]. The van der Waals surface area contributed by atoms with E-state index in [1.807, 2.05) is 36.4 Å². The Morgan fingerprint density at radius 3 is 0.963 bits per heavy atom. The van der Waals surface area contributed by atoms with Crippen molar-refractivity contribution >= 4 is 32.0 Å². The predicted octanol–water partition coefficient (Wildman–Crippen LogP) is 14.1. The van der Waals surface area contributed by atoms with Crippen LogP contribution in [-0.4, -0.2) is 9.52 Å². The zero-order valence-corrected chi connectivity index (χ0v) is 37.4. The van der Waals surface area contributed by atoms with Crippen molar-refractivity contribution in [1.82, 2.24) is 0 Å². The Balaban J connectivity index is 0.000000492. The fourth-order valence-corrected chi connectivity index (χ4v) is 8.39. The van der Waals surface area contributed by atoms with Crippen molar-refractivity contribution in [2.24, 2.45) is 0 Å². The van der Waals surface area contributed by atoms with Crippen molar-refractivity contribution in [3.63, 3.8) is 0 Å². The Bertz CT molecular complexity index is 1330. The number of hydrogen-bond acceptors (Lipinski definition) is 0. The van der Waals surface area contributed by atoms with Gasteiger partial charge < -0.3 is 0 Å². The molecule has 0 aliphatic heterocycles. The summed E-state index contributed by atoms with van der Waals surface area (Å²) in [5, 5.41) is 3.16. The topological polar surface area (TPSA) is 0 Å². The van der Waals surface area contributed by atoms with E-state index in [0.29, 0.717) is 0 Å². The third kappa shape index (κ3) is 24.6. The maximum atomic E-state index is 2.41. The van der Waals surface area contributed by atoms with Gasteiger partial charge in [0.1, 0.15) is 0 Å². The van der Waals surface area contributed by atoms with Crippen molar-refractivity contribution in [2.45, 2.75) is 155 Å². The Morgan fingerprint density at radius 1 is 0.352 bits per heavy atom. The second kappa shape index (κ2) is 33.6. The van der Waals surface area contributed by atoms with E-state index < -0.39 is 0 Å². The molecule has 0 aliphatic rings. The van der Waals surface area contributed by atoms with Crippen molar-refractivity contribution < 1.29 is 21.7 Å². The van der Waals surface area contributed by atoms with Gasteiger partial charge in [-0.05, 0) is 47.9 Å². The Morgan fingerprint density at radius 2 is 0.648 bits per heavy atom. The Kier molecular flexibility index (Phi) is 29.5. The minimum Gasteiger partial charge on any atom is -0.0654 e. The molecule has 0 nitrogen and oxygen atoms in total. The maximum absolute atomic E-state index is 2.41. The van der Waals surface area contributed by atoms with Gasteiger partial charge in [-0.3, -0.25) is 0 Å². The zero-order valence-electron chi connectivity index (χ0n) is 34.5. The van der Waals surface area contributed by atoms with E-state index in [-0.39, 0.29) is 31.2 Å². The van der Waals surface area contributed by atoms with Crippen LogP contribution >= 0.6 is 0 Å². The quantitative estimate of drug-likeness (QED) is 0.0322. The van der Waals surface area contributed by atoms with Crippen LogP contribution in [0.4, 0.5) is 0 Å². The van der Waals surface area contributed by atoms with Crippen LogP contribution in [-0.2, 0) is 34.6 Å². The molecule has 288 valence electrons. The number of allylic oxidation sites excluding steroid dienone is 2. The minimum absolute atomic E-state index is 0. The normalized spacial score (nSPS) is 11.1. The largest absolute Gasteiger partial charge is 2.00 e. The molecule has 0 atom stereocenters. The Hall–Kier alpha value is -2.71. The molecule has 0 amide bonds. The summed E-state index contributed by atoms with van der Waals surface area (Å²) >= 11 is 0. The van der Waals surface area contributed by atoms with Crippen molar-refractivity contribution in [2.75, 3.05) is 0 Å². The van der Waals surface area contributed by atoms with E-state index >= 15 is 0 Å². The van der Waals surface area contributed by atoms with Crippen LogP contribution in [0, 0.1) is 0 Å². The summed E-state index contributed by atoms with van der Waals surface area (Å²) < 4.78 is 0. The number of unbranched alkanes of at least 4 members (excludes halogenated alkanes) is 18. The summed E-state index contributed by atoms with van der Waals surface area (Å²) in [5.74, 6) is 0. The van der Waals surface area contributed by atoms with Crippen LogP contribution in [0.15, 0.2) is 121 Å². The molecule has 0 bridgehead atoms. The molecule has 0 aromatic heterocycles. The van der Waals surface area contributed by atoms with Crippen LogP contribution in [0.25, 0.3) is 12.2 Å². The van der Waals surface area contributed by atoms with E-state index in [1.54, 1.807) is 10.4 Å². The van der Waals surface area contributed by atoms with Gasteiger partial charge in [0.2, 0.25) is 0 Å². The molecule has 0 spiro atoms. The summed E-state index contributed by atoms with van der Waals surface area (Å²) in [5.41, 5.74) is 5.51. The van der Waals surface area contributed by atoms with Gasteiger partial charge in [-0.1, -0.05) is 273 Å². The van der Waals surface area contributed by atoms with Gasteiger partial charge in [-0.2, -0.15) is 0 Å². The predicted molar refractivity (Wildman–Crippen MR) is 243 cm³/mol.